The summed E-state index contributed by atoms with van der Waals surface area (Å²) in [5.74, 6) is 0. The molecule has 0 bridgehead atoms. The highest BCUT2D eigenvalue weighted by molar-refractivity contribution is 6.15. The fourth-order valence-electron chi connectivity index (χ4n) is 7.38. The molecule has 9 aromatic carbocycles. The van der Waals surface area contributed by atoms with Crippen LogP contribution in [0.15, 0.2) is 210 Å². The number of hydrogen-bond acceptors (Lipinski definition) is 1. The highest BCUT2D eigenvalue weighted by atomic mass is 16.3. The first-order valence-electron chi connectivity index (χ1n) is 29.1. The molecule has 3 nitrogen and oxygen atoms in total. The van der Waals surface area contributed by atoms with Gasteiger partial charge in [0.2, 0.25) is 0 Å². The van der Waals surface area contributed by atoms with Gasteiger partial charge in [0.15, 0.2) is 0 Å². The summed E-state index contributed by atoms with van der Waals surface area (Å²) in [5.41, 5.74) is -3.05. The van der Waals surface area contributed by atoms with Crippen LogP contribution in [0, 0.1) is 0 Å². The molecule has 12 aromatic rings. The zero-order valence-corrected chi connectivity index (χ0v) is 29.2. The van der Waals surface area contributed by atoms with E-state index in [0.717, 1.165) is 16.7 Å². The summed E-state index contributed by atoms with van der Waals surface area (Å²) in [6.45, 7) is 0. The van der Waals surface area contributed by atoms with Crippen molar-refractivity contribution in [1.82, 2.24) is 9.13 Å². The first-order chi connectivity index (χ1) is 37.8. The molecule has 0 spiro atoms. The number of nitrogens with zero attached hydrogens (tertiary/aromatic N) is 2. The van der Waals surface area contributed by atoms with Crippen LogP contribution in [0.3, 0.4) is 0 Å². The van der Waals surface area contributed by atoms with Crippen LogP contribution in [0.2, 0.25) is 0 Å². The molecule has 12 rings (SSSR count). The number of furan rings is 1. The molecule has 0 aliphatic carbocycles. The quantitative estimate of drug-likeness (QED) is 0.172. The number of benzene rings is 9. The van der Waals surface area contributed by atoms with Crippen molar-refractivity contribution in [2.75, 3.05) is 0 Å². The van der Waals surface area contributed by atoms with Crippen LogP contribution >= 0.6 is 0 Å². The van der Waals surface area contributed by atoms with E-state index >= 15 is 0 Å². The smallest absolute Gasteiger partial charge is 0.137 e. The van der Waals surface area contributed by atoms with E-state index in [1.54, 1.807) is 30.3 Å². The summed E-state index contributed by atoms with van der Waals surface area (Å²) in [4.78, 5) is 0. The Kier molecular flexibility index (Phi) is 3.63. The number of rotatable bonds is 5. The lowest BCUT2D eigenvalue weighted by molar-refractivity contribution is 0.668. The number of para-hydroxylation sites is 3. The lowest BCUT2D eigenvalue weighted by atomic mass is 9.97. The van der Waals surface area contributed by atoms with Gasteiger partial charge in [-0.05, 0) is 99.9 Å². The molecular weight excluding hydrogens is 693 g/mol. The fraction of sp³-hybridized carbons (Fsp3) is 0. The second-order valence-electron chi connectivity index (χ2n) is 13.1. The van der Waals surface area contributed by atoms with Crippen molar-refractivity contribution in [3.63, 3.8) is 0 Å². The van der Waals surface area contributed by atoms with E-state index in [0.29, 0.717) is 5.69 Å². The molecule has 3 heteroatoms. The van der Waals surface area contributed by atoms with Gasteiger partial charge in [0.1, 0.15) is 11.2 Å². The highest BCUT2D eigenvalue weighted by Gasteiger charge is 2.18. The van der Waals surface area contributed by atoms with Gasteiger partial charge in [0.25, 0.3) is 0 Å². The third-order valence-corrected chi connectivity index (χ3v) is 9.91. The largest absolute Gasteiger partial charge is 0.456 e. The van der Waals surface area contributed by atoms with Crippen LogP contribution < -0.4 is 0 Å². The Morgan fingerprint density at radius 2 is 1.04 bits per heavy atom. The Balaban J connectivity index is 1.17. The molecule has 0 fully saturated rings. The van der Waals surface area contributed by atoms with Crippen LogP contribution in [-0.2, 0) is 0 Å². The lowest BCUT2D eigenvalue weighted by Gasteiger charge is -2.09. The predicted octanol–water partition coefficient (Wildman–Crippen LogP) is 14.8. The molecule has 266 valence electrons. The minimum Gasteiger partial charge on any atom is -0.456 e. The summed E-state index contributed by atoms with van der Waals surface area (Å²) in [6, 6.07) is 2.63. The maximum Gasteiger partial charge on any atom is 0.137 e. The molecule has 3 aromatic heterocycles. The minimum atomic E-state index is -0.806. The fourth-order valence-corrected chi connectivity index (χ4v) is 7.38. The normalized spacial score (nSPS) is 17.5. The topological polar surface area (TPSA) is 23.0 Å². The molecule has 3 heterocycles. The number of fused-ring (bicyclic) bond motifs is 9. The van der Waals surface area contributed by atoms with Gasteiger partial charge in [-0.25, -0.2) is 0 Å². The zero-order valence-electron chi connectivity index (χ0n) is 52.2. The molecule has 57 heavy (non-hydrogen) atoms. The van der Waals surface area contributed by atoms with Crippen molar-refractivity contribution in [2.24, 2.45) is 0 Å². The maximum atomic E-state index is 9.91. The van der Waals surface area contributed by atoms with Gasteiger partial charge in [-0.15, -0.1) is 0 Å². The molecule has 0 unspecified atom stereocenters. The Morgan fingerprint density at radius 1 is 0.351 bits per heavy atom. The van der Waals surface area contributed by atoms with Gasteiger partial charge in [0, 0.05) is 49.7 Å². The Labute approximate surface area is 361 Å². The van der Waals surface area contributed by atoms with E-state index < -0.39 is 137 Å². The maximum absolute atomic E-state index is 9.91. The molecular formula is C54H34N2O. The van der Waals surface area contributed by atoms with Gasteiger partial charge in [-0.2, -0.15) is 0 Å². The predicted molar refractivity (Wildman–Crippen MR) is 239 cm³/mol. The summed E-state index contributed by atoms with van der Waals surface area (Å²) in [5, 5.41) is -1.50. The molecule has 0 N–H and O–H groups in total. The number of aromatic nitrogens is 2. The van der Waals surface area contributed by atoms with Crippen molar-refractivity contribution in [1.29, 1.82) is 0 Å². The van der Waals surface area contributed by atoms with Crippen LogP contribution in [-0.4, -0.2) is 9.13 Å². The van der Waals surface area contributed by atoms with E-state index in [-0.39, 0.29) is 106 Å². The van der Waals surface area contributed by atoms with Crippen molar-refractivity contribution in [2.45, 2.75) is 0 Å². The second-order valence-corrected chi connectivity index (χ2v) is 13.1. The van der Waals surface area contributed by atoms with Gasteiger partial charge < -0.3 is 13.6 Å². The molecule has 0 saturated carbocycles. The molecule has 0 aliphatic heterocycles. The average Bonchev–Trinajstić information content (AvgIpc) is 4.32. The first-order valence-corrected chi connectivity index (χ1v) is 17.6. The van der Waals surface area contributed by atoms with Crippen LogP contribution in [0.25, 0.3) is 110 Å². The van der Waals surface area contributed by atoms with Gasteiger partial charge >= 0.3 is 0 Å². The van der Waals surface area contributed by atoms with Gasteiger partial charge in [-0.1, -0.05) is 133 Å². The van der Waals surface area contributed by atoms with E-state index in [9.17, 15) is 13.7 Å². The zero-order chi connectivity index (χ0) is 57.5. The van der Waals surface area contributed by atoms with E-state index in [4.69, 9.17) is 22.2 Å². The summed E-state index contributed by atoms with van der Waals surface area (Å²) in [7, 11) is 0. The molecule has 0 aliphatic rings. The van der Waals surface area contributed by atoms with Crippen LogP contribution in [0.4, 0.5) is 0 Å². The molecule has 0 amide bonds. The van der Waals surface area contributed by atoms with E-state index in [2.05, 4.69) is 0 Å². The van der Waals surface area contributed by atoms with E-state index in [1.165, 1.54) is 28.8 Å². The Morgan fingerprint density at radius 3 is 1.86 bits per heavy atom. The second kappa shape index (κ2) is 12.5. The summed E-state index contributed by atoms with van der Waals surface area (Å²) < 4.78 is 218. The molecule has 0 atom stereocenters. The monoisotopic (exact) mass is 749 g/mol. The van der Waals surface area contributed by atoms with Crippen molar-refractivity contribution in [3.05, 3.63) is 206 Å². The van der Waals surface area contributed by atoms with Crippen molar-refractivity contribution >= 4 is 65.6 Å². The summed E-state index contributed by atoms with van der Waals surface area (Å²) >= 11 is 0. The highest BCUT2D eigenvalue weighted by Crippen LogP contribution is 2.41. The van der Waals surface area contributed by atoms with Gasteiger partial charge in [-0.3, -0.25) is 0 Å². The SMILES string of the molecule is [2H]c1cc([2H])cc(-c2c([2H])cc(-c3c([2H])c([2H])c([2H])c4oc5c([2H])c(-n6c7cc([2H])c(-c8cc([2H])c9c(c8[2H])c8c([2H])c([2H])c([2H])c([2H])c8n9-c8ccccc8)c([2H])c7c7c([2H])c([2H])c([2H])c([2H])c76)c([2H])c([2H])c5c34)c([2H])c2[2H])c1. The first kappa shape index (κ1) is 16.6. The third kappa shape index (κ3) is 4.92. The van der Waals surface area contributed by atoms with Crippen molar-refractivity contribution in [3.8, 4) is 44.8 Å². The average molecular weight is 750 g/mol. The third-order valence-electron chi connectivity index (χ3n) is 9.91. The Bertz CT molecular complexity index is 4850. The molecule has 0 radical (unpaired) electrons. The number of hydrogen-bond donors (Lipinski definition) is 0. The molecule has 0 saturated heterocycles. The summed E-state index contributed by atoms with van der Waals surface area (Å²) in [6.07, 6.45) is 0. The van der Waals surface area contributed by atoms with Crippen molar-refractivity contribution < 1.29 is 35.9 Å². The minimum absolute atomic E-state index is 0.0220. The van der Waals surface area contributed by atoms with Crippen LogP contribution in [0.5, 0.6) is 0 Å². The Hall–Kier alpha value is -7.62. The van der Waals surface area contributed by atoms with E-state index in [1.807, 2.05) is 0 Å². The lowest BCUT2D eigenvalue weighted by Crippen LogP contribution is -1.93. The van der Waals surface area contributed by atoms with Gasteiger partial charge in [0.05, 0.1) is 53.6 Å². The van der Waals surface area contributed by atoms with Crippen LogP contribution in [0.1, 0.15) is 31.5 Å². The standard InChI is InChI=1S/C54H34N2O/c1-3-12-35(13-4-1)36-22-24-37(25-23-36)42-18-11-21-52-54(42)45-29-28-41(34-53(45)57-52)56-49-20-10-8-17-44(49)47-33-39(27-31-51(47)56)38-26-30-50-46(32-38)43-16-7-9-19-48(43)55(50)40-14-5-2-6-15-40/h1-34H/i3D,4D,7D,8D,9D,10D,11D,16D,17D,18D,19D,20D,21D,22D,23D,24D,27D,28D,29D,30D,32D,33D,34D.